The second-order valence-electron chi connectivity index (χ2n) is 9.99. The minimum atomic E-state index is -4.31. The number of anilines is 1. The molecule has 7 heteroatoms. The normalized spacial score (nSPS) is 28.3. The first kappa shape index (κ1) is 20.6. The molecule has 0 saturated heterocycles. The van der Waals surface area contributed by atoms with Crippen LogP contribution in [0, 0.1) is 11.3 Å². The third-order valence-electron chi connectivity index (χ3n) is 7.88. The average molecular weight is 454 g/mol. The van der Waals surface area contributed by atoms with Gasteiger partial charge in [0, 0.05) is 17.1 Å². The van der Waals surface area contributed by atoms with E-state index in [0.717, 1.165) is 84.5 Å². The number of fused-ring (bicyclic) bond motifs is 2. The Hall–Kier alpha value is -2.96. The molecule has 2 N–H and O–H groups in total. The molecule has 0 radical (unpaired) electrons. The summed E-state index contributed by atoms with van der Waals surface area (Å²) in [5.41, 5.74) is 1.84. The van der Waals surface area contributed by atoms with Crippen LogP contribution in [-0.4, -0.2) is 17.0 Å². The second-order valence-corrected chi connectivity index (χ2v) is 9.99. The van der Waals surface area contributed by atoms with E-state index in [1.807, 2.05) is 24.4 Å². The Morgan fingerprint density at radius 1 is 1.09 bits per heavy atom. The van der Waals surface area contributed by atoms with Crippen LogP contribution in [0.4, 0.5) is 18.9 Å². The van der Waals surface area contributed by atoms with Crippen LogP contribution in [0.25, 0.3) is 10.9 Å². The summed E-state index contributed by atoms with van der Waals surface area (Å²) >= 11 is 0. The summed E-state index contributed by atoms with van der Waals surface area (Å²) < 4.78 is 44.4. The Kier molecular flexibility index (Phi) is 4.55. The maximum Gasteiger partial charge on any atom is 0.416 e. The fourth-order valence-electron chi connectivity index (χ4n) is 5.84. The van der Waals surface area contributed by atoms with Crippen molar-refractivity contribution in [1.82, 2.24) is 4.98 Å². The lowest BCUT2D eigenvalue weighted by Crippen LogP contribution is -2.40. The summed E-state index contributed by atoms with van der Waals surface area (Å²) in [5, 5.41) is 4.05. The minimum Gasteiger partial charge on any atom is -0.490 e. The number of rotatable bonds is 5. The van der Waals surface area contributed by atoms with Gasteiger partial charge in [0.15, 0.2) is 0 Å². The predicted octanol–water partition coefficient (Wildman–Crippen LogP) is 6.64. The van der Waals surface area contributed by atoms with Crippen LogP contribution < -0.4 is 10.1 Å². The van der Waals surface area contributed by atoms with Crippen molar-refractivity contribution in [1.29, 1.82) is 0 Å². The first-order chi connectivity index (χ1) is 15.8. The van der Waals surface area contributed by atoms with Gasteiger partial charge in [-0.2, -0.15) is 13.2 Å². The van der Waals surface area contributed by atoms with Crippen molar-refractivity contribution >= 4 is 22.5 Å². The van der Waals surface area contributed by atoms with E-state index in [4.69, 9.17) is 4.74 Å². The van der Waals surface area contributed by atoms with Crippen molar-refractivity contribution < 1.29 is 22.7 Å². The highest BCUT2D eigenvalue weighted by molar-refractivity contribution is 6.04. The smallest absolute Gasteiger partial charge is 0.416 e. The van der Waals surface area contributed by atoms with Crippen LogP contribution in [0.1, 0.15) is 55.6 Å². The number of amides is 1. The number of H-pyrrole nitrogens is 1. The van der Waals surface area contributed by atoms with Gasteiger partial charge in [0.1, 0.15) is 5.75 Å². The van der Waals surface area contributed by atoms with Crippen molar-refractivity contribution in [2.75, 3.05) is 5.32 Å². The van der Waals surface area contributed by atoms with Crippen LogP contribution in [-0.2, 0) is 11.0 Å². The lowest BCUT2D eigenvalue weighted by molar-refractivity contribution is -0.137. The van der Waals surface area contributed by atoms with Gasteiger partial charge in [0.2, 0.25) is 5.91 Å². The van der Waals surface area contributed by atoms with Gasteiger partial charge in [0.05, 0.1) is 22.8 Å². The topological polar surface area (TPSA) is 54.1 Å². The maximum atomic E-state index is 12.9. The number of carbonyl (C=O) groups excluding carboxylic acids is 1. The van der Waals surface area contributed by atoms with Crippen molar-refractivity contribution in [3.05, 3.63) is 59.8 Å². The average Bonchev–Trinajstić information content (AvgIpc) is 3.45. The number of benzene rings is 2. The fraction of sp³-hybridized carbons (Fsp3) is 0.423. The van der Waals surface area contributed by atoms with Crippen LogP contribution in [0.15, 0.2) is 48.7 Å². The lowest BCUT2D eigenvalue weighted by atomic mass is 9.69. The van der Waals surface area contributed by atoms with Crippen LogP contribution in [0.2, 0.25) is 0 Å². The summed E-state index contributed by atoms with van der Waals surface area (Å²) in [6.07, 6.45) is 3.25. The number of aromatic amines is 1. The van der Waals surface area contributed by atoms with E-state index in [-0.39, 0.29) is 23.3 Å². The van der Waals surface area contributed by atoms with Crippen molar-refractivity contribution in [2.45, 2.75) is 56.7 Å². The third kappa shape index (κ3) is 3.58. The standard InChI is InChI=1S/C26H25F3N2O2/c27-26(28,29)18-3-1-16(2-4-18)17-9-20(10-17)33-19-5-6-22-21(11-19)23(14-30-22)31-24(32)25-8-7-15(12-25)13-25/h1-6,11,14-15,17,20,30H,7-10,12-13H2,(H,31,32). The van der Waals surface area contributed by atoms with E-state index >= 15 is 0 Å². The number of aromatic nitrogens is 1. The van der Waals surface area contributed by atoms with Gasteiger partial charge in [-0.05, 0) is 86.3 Å². The van der Waals surface area contributed by atoms with Gasteiger partial charge in [0.25, 0.3) is 0 Å². The van der Waals surface area contributed by atoms with Crippen LogP contribution in [0.3, 0.4) is 0 Å². The largest absolute Gasteiger partial charge is 0.490 e. The molecule has 4 aliphatic carbocycles. The molecule has 0 atom stereocenters. The zero-order valence-electron chi connectivity index (χ0n) is 18.0. The van der Waals surface area contributed by atoms with Crippen LogP contribution >= 0.6 is 0 Å². The van der Waals surface area contributed by atoms with E-state index in [1.54, 1.807) is 12.1 Å². The van der Waals surface area contributed by atoms with Crippen molar-refractivity contribution in [2.24, 2.45) is 11.3 Å². The molecule has 33 heavy (non-hydrogen) atoms. The molecular formula is C26H25F3N2O2. The molecule has 2 aromatic carbocycles. The number of halogens is 3. The molecule has 4 aliphatic rings. The molecule has 0 unspecified atom stereocenters. The summed E-state index contributed by atoms with van der Waals surface area (Å²) in [5.74, 6) is 1.80. The lowest BCUT2D eigenvalue weighted by Gasteiger charge is -2.36. The van der Waals surface area contributed by atoms with Gasteiger partial charge < -0.3 is 15.0 Å². The van der Waals surface area contributed by atoms with Crippen molar-refractivity contribution in [3.63, 3.8) is 0 Å². The fourth-order valence-corrected chi connectivity index (χ4v) is 5.84. The number of alkyl halides is 3. The zero-order chi connectivity index (χ0) is 22.8. The van der Waals surface area contributed by atoms with E-state index in [9.17, 15) is 18.0 Å². The third-order valence-corrected chi connectivity index (χ3v) is 7.88. The number of carbonyl (C=O) groups is 1. The summed E-state index contributed by atoms with van der Waals surface area (Å²) in [7, 11) is 0. The Morgan fingerprint density at radius 2 is 1.85 bits per heavy atom. The van der Waals surface area contributed by atoms with Gasteiger partial charge in [-0.25, -0.2) is 0 Å². The monoisotopic (exact) mass is 454 g/mol. The van der Waals surface area contributed by atoms with Gasteiger partial charge in [-0.15, -0.1) is 0 Å². The number of nitrogens with one attached hydrogen (secondary N) is 2. The summed E-state index contributed by atoms with van der Waals surface area (Å²) in [6.45, 7) is 0. The Balaban J connectivity index is 1.10. The van der Waals surface area contributed by atoms with Gasteiger partial charge >= 0.3 is 6.18 Å². The van der Waals surface area contributed by atoms with E-state index in [0.29, 0.717) is 0 Å². The highest BCUT2D eigenvalue weighted by Gasteiger charge is 2.55. The van der Waals surface area contributed by atoms with Crippen LogP contribution in [0.5, 0.6) is 5.75 Å². The second kappa shape index (κ2) is 7.27. The Morgan fingerprint density at radius 3 is 2.52 bits per heavy atom. The predicted molar refractivity (Wildman–Crippen MR) is 119 cm³/mol. The molecule has 1 heterocycles. The van der Waals surface area contributed by atoms with Gasteiger partial charge in [-0.1, -0.05) is 12.1 Å². The number of hydrogen-bond acceptors (Lipinski definition) is 2. The van der Waals surface area contributed by atoms with Crippen molar-refractivity contribution in [3.8, 4) is 5.75 Å². The molecule has 2 bridgehead atoms. The number of hydrogen-bond donors (Lipinski definition) is 2. The summed E-state index contributed by atoms with van der Waals surface area (Å²) in [4.78, 5) is 16.1. The van der Waals surface area contributed by atoms with E-state index < -0.39 is 11.7 Å². The molecule has 0 aliphatic heterocycles. The van der Waals surface area contributed by atoms with Gasteiger partial charge in [-0.3, -0.25) is 4.79 Å². The Labute approximate surface area is 189 Å². The maximum absolute atomic E-state index is 12.9. The quantitative estimate of drug-likeness (QED) is 0.454. The molecule has 4 fully saturated rings. The number of ether oxygens (including phenoxy) is 1. The molecule has 1 aromatic heterocycles. The molecule has 3 aromatic rings. The molecular weight excluding hydrogens is 429 g/mol. The highest BCUT2D eigenvalue weighted by Crippen LogP contribution is 2.59. The first-order valence-corrected chi connectivity index (χ1v) is 11.6. The highest BCUT2D eigenvalue weighted by atomic mass is 19.4. The molecule has 0 spiro atoms. The molecule has 4 nitrogen and oxygen atoms in total. The zero-order valence-corrected chi connectivity index (χ0v) is 18.0. The first-order valence-electron chi connectivity index (χ1n) is 11.6. The summed E-state index contributed by atoms with van der Waals surface area (Å²) in [6, 6.07) is 11.2. The molecule has 7 rings (SSSR count). The van der Waals surface area contributed by atoms with E-state index in [1.165, 1.54) is 0 Å². The SMILES string of the molecule is O=C(Nc1c[nH]c2ccc(OC3CC(c4ccc(C(F)(F)F)cc4)C3)cc12)C12CCC(C1)C2. The minimum absolute atomic E-state index is 0.0241. The van der Waals surface area contributed by atoms with E-state index in [2.05, 4.69) is 10.3 Å². The molecule has 172 valence electrons. The molecule has 4 saturated carbocycles. The molecule has 1 amide bonds. The Bertz CT molecular complexity index is 1200.